The number of nitrogens with one attached hydrogen (secondary N) is 1. The molecule has 98 valence electrons. The summed E-state index contributed by atoms with van der Waals surface area (Å²) in [5, 5.41) is 12.3. The van der Waals surface area contributed by atoms with E-state index < -0.39 is 12.0 Å². The minimum absolute atomic E-state index is 0.0481. The van der Waals surface area contributed by atoms with Crippen LogP contribution in [0.5, 0.6) is 5.75 Å². The maximum absolute atomic E-state index is 11.2. The van der Waals surface area contributed by atoms with E-state index in [1.165, 1.54) is 0 Å². The number of carboxylic acid groups (broad SMARTS) is 1. The number of hydrogen-bond acceptors (Lipinski definition) is 3. The van der Waals surface area contributed by atoms with Crippen molar-refractivity contribution in [3.63, 3.8) is 0 Å². The number of aliphatic carboxylic acids is 1. The quantitative estimate of drug-likeness (QED) is 0.857. The molecule has 0 bridgehead atoms. The lowest BCUT2D eigenvalue weighted by Crippen LogP contribution is -2.45. The highest BCUT2D eigenvalue weighted by Gasteiger charge is 2.31. The number of ether oxygens (including phenoxy) is 1. The van der Waals surface area contributed by atoms with Crippen LogP contribution in [0.25, 0.3) is 0 Å². The lowest BCUT2D eigenvalue weighted by atomic mass is 9.85. The first kappa shape index (κ1) is 12.9. The second-order valence-electron chi connectivity index (χ2n) is 4.52. The van der Waals surface area contributed by atoms with Crippen LogP contribution in [0, 0.1) is 0 Å². The maximum atomic E-state index is 11.2. The van der Waals surface area contributed by atoms with Gasteiger partial charge < -0.3 is 15.2 Å². The molecule has 2 rings (SSSR count). The zero-order valence-electron chi connectivity index (χ0n) is 10.6. The molecule has 1 saturated heterocycles. The van der Waals surface area contributed by atoms with Crippen molar-refractivity contribution >= 4 is 5.97 Å². The molecule has 0 radical (unpaired) electrons. The van der Waals surface area contributed by atoms with Crippen molar-refractivity contribution in [1.82, 2.24) is 5.32 Å². The fourth-order valence-corrected chi connectivity index (χ4v) is 2.48. The Hall–Kier alpha value is -1.55. The third-order valence-electron chi connectivity index (χ3n) is 3.34. The largest absolute Gasteiger partial charge is 0.494 e. The average Bonchev–Trinajstić information content (AvgIpc) is 2.40. The standard InChI is InChI=1S/C14H19NO3/c1-2-18-11-7-5-10(6-8-11)12-4-3-9-15-13(12)14(16)17/h5-8,12-13,15H,2-4,9H2,1H3,(H,16,17)/t12-,13-/m1/s1. The van der Waals surface area contributed by atoms with Gasteiger partial charge in [-0.2, -0.15) is 0 Å². The van der Waals surface area contributed by atoms with E-state index in [1.54, 1.807) is 0 Å². The number of hydrogen-bond donors (Lipinski definition) is 2. The Morgan fingerprint density at radius 3 is 2.78 bits per heavy atom. The molecule has 0 aromatic heterocycles. The Labute approximate surface area is 107 Å². The molecule has 1 fully saturated rings. The van der Waals surface area contributed by atoms with Crippen LogP contribution in [0.2, 0.25) is 0 Å². The van der Waals surface area contributed by atoms with Gasteiger partial charge in [-0.15, -0.1) is 0 Å². The van der Waals surface area contributed by atoms with Gasteiger partial charge in [0.2, 0.25) is 0 Å². The van der Waals surface area contributed by atoms with Crippen molar-refractivity contribution < 1.29 is 14.6 Å². The van der Waals surface area contributed by atoms with Crippen molar-refractivity contribution in [2.45, 2.75) is 31.7 Å². The highest BCUT2D eigenvalue weighted by Crippen LogP contribution is 2.29. The number of piperidine rings is 1. The monoisotopic (exact) mass is 249 g/mol. The Balaban J connectivity index is 2.15. The Morgan fingerprint density at radius 1 is 1.44 bits per heavy atom. The van der Waals surface area contributed by atoms with Gasteiger partial charge in [-0.05, 0) is 44.0 Å². The third kappa shape index (κ3) is 2.82. The molecule has 0 amide bonds. The summed E-state index contributed by atoms with van der Waals surface area (Å²) in [6.45, 7) is 3.37. The van der Waals surface area contributed by atoms with E-state index in [1.807, 2.05) is 31.2 Å². The van der Waals surface area contributed by atoms with E-state index in [2.05, 4.69) is 5.32 Å². The van der Waals surface area contributed by atoms with Crippen LogP contribution in [-0.2, 0) is 4.79 Å². The topological polar surface area (TPSA) is 58.6 Å². The van der Waals surface area contributed by atoms with E-state index in [4.69, 9.17) is 4.74 Å². The van der Waals surface area contributed by atoms with Gasteiger partial charge in [0, 0.05) is 5.92 Å². The Kier molecular flexibility index (Phi) is 4.20. The summed E-state index contributed by atoms with van der Waals surface area (Å²) in [6.07, 6.45) is 1.93. The van der Waals surface area contributed by atoms with Crippen LogP contribution in [0.1, 0.15) is 31.2 Å². The molecule has 1 aromatic rings. The molecule has 4 nitrogen and oxygen atoms in total. The smallest absolute Gasteiger partial charge is 0.321 e. The highest BCUT2D eigenvalue weighted by atomic mass is 16.5. The molecule has 2 N–H and O–H groups in total. The molecular formula is C14H19NO3. The first-order valence-electron chi connectivity index (χ1n) is 6.41. The van der Waals surface area contributed by atoms with Crippen LogP contribution in [0.15, 0.2) is 24.3 Å². The summed E-state index contributed by atoms with van der Waals surface area (Å²) in [6, 6.07) is 7.28. The van der Waals surface area contributed by atoms with Crippen molar-refractivity contribution in [2.24, 2.45) is 0 Å². The van der Waals surface area contributed by atoms with Gasteiger partial charge in [-0.25, -0.2) is 0 Å². The van der Waals surface area contributed by atoms with Crippen LogP contribution in [0.4, 0.5) is 0 Å². The SMILES string of the molecule is CCOc1ccc([C@H]2CCCN[C@H]2C(=O)O)cc1. The molecule has 2 atom stereocenters. The van der Waals surface area contributed by atoms with Gasteiger partial charge in [0.25, 0.3) is 0 Å². The summed E-state index contributed by atoms with van der Waals surface area (Å²) in [5.41, 5.74) is 1.07. The predicted molar refractivity (Wildman–Crippen MR) is 69.0 cm³/mol. The molecule has 1 aliphatic heterocycles. The first-order valence-corrected chi connectivity index (χ1v) is 6.41. The second kappa shape index (κ2) is 5.87. The lowest BCUT2D eigenvalue weighted by Gasteiger charge is -2.30. The fourth-order valence-electron chi connectivity index (χ4n) is 2.48. The van der Waals surface area contributed by atoms with Crippen LogP contribution < -0.4 is 10.1 Å². The van der Waals surface area contributed by atoms with Crippen LogP contribution in [0.3, 0.4) is 0 Å². The number of carboxylic acids is 1. The average molecular weight is 249 g/mol. The Bertz CT molecular complexity index is 402. The van der Waals surface area contributed by atoms with E-state index in [-0.39, 0.29) is 5.92 Å². The second-order valence-corrected chi connectivity index (χ2v) is 4.52. The van der Waals surface area contributed by atoms with Gasteiger partial charge in [0.15, 0.2) is 0 Å². The maximum Gasteiger partial charge on any atom is 0.321 e. The molecular weight excluding hydrogens is 230 g/mol. The van der Waals surface area contributed by atoms with Crippen LogP contribution in [-0.4, -0.2) is 30.3 Å². The van der Waals surface area contributed by atoms with Crippen LogP contribution >= 0.6 is 0 Å². The fraction of sp³-hybridized carbons (Fsp3) is 0.500. The van der Waals surface area contributed by atoms with E-state index in [0.717, 1.165) is 30.7 Å². The lowest BCUT2D eigenvalue weighted by molar-refractivity contribution is -0.140. The molecule has 0 aliphatic carbocycles. The summed E-state index contributed by atoms with van der Waals surface area (Å²) in [5.74, 6) is 0.109. The summed E-state index contributed by atoms with van der Waals surface area (Å²) < 4.78 is 5.39. The molecule has 1 aliphatic rings. The summed E-state index contributed by atoms with van der Waals surface area (Å²) in [7, 11) is 0. The first-order chi connectivity index (χ1) is 8.72. The number of carbonyl (C=O) groups is 1. The highest BCUT2D eigenvalue weighted by molar-refractivity contribution is 5.75. The normalized spacial score (nSPS) is 23.6. The van der Waals surface area contributed by atoms with E-state index >= 15 is 0 Å². The van der Waals surface area contributed by atoms with Gasteiger partial charge in [-0.1, -0.05) is 12.1 Å². The molecule has 1 aromatic carbocycles. The summed E-state index contributed by atoms with van der Waals surface area (Å²) in [4.78, 5) is 11.2. The summed E-state index contributed by atoms with van der Waals surface area (Å²) >= 11 is 0. The van der Waals surface area contributed by atoms with Crippen molar-refractivity contribution in [1.29, 1.82) is 0 Å². The molecule has 0 unspecified atom stereocenters. The molecule has 18 heavy (non-hydrogen) atoms. The zero-order valence-corrected chi connectivity index (χ0v) is 10.6. The number of benzene rings is 1. The van der Waals surface area contributed by atoms with Crippen molar-refractivity contribution in [2.75, 3.05) is 13.2 Å². The third-order valence-corrected chi connectivity index (χ3v) is 3.34. The molecule has 0 saturated carbocycles. The predicted octanol–water partition coefficient (Wildman–Crippen LogP) is 2.01. The molecule has 1 heterocycles. The van der Waals surface area contributed by atoms with Gasteiger partial charge in [0.05, 0.1) is 6.61 Å². The van der Waals surface area contributed by atoms with E-state index in [0.29, 0.717) is 6.61 Å². The minimum Gasteiger partial charge on any atom is -0.494 e. The van der Waals surface area contributed by atoms with Gasteiger partial charge in [0.1, 0.15) is 11.8 Å². The van der Waals surface area contributed by atoms with Gasteiger partial charge >= 0.3 is 5.97 Å². The minimum atomic E-state index is -0.770. The van der Waals surface area contributed by atoms with Crippen molar-refractivity contribution in [3.05, 3.63) is 29.8 Å². The van der Waals surface area contributed by atoms with Crippen molar-refractivity contribution in [3.8, 4) is 5.75 Å². The zero-order chi connectivity index (χ0) is 13.0. The molecule has 4 heteroatoms. The van der Waals surface area contributed by atoms with E-state index in [9.17, 15) is 9.90 Å². The Morgan fingerprint density at radius 2 is 2.17 bits per heavy atom. The number of rotatable bonds is 4. The van der Waals surface area contributed by atoms with Gasteiger partial charge in [-0.3, -0.25) is 4.79 Å². The molecule has 0 spiro atoms.